The second-order valence-electron chi connectivity index (χ2n) is 3.61. The lowest BCUT2D eigenvalue weighted by Crippen LogP contribution is -1.94. The van der Waals surface area contributed by atoms with Gasteiger partial charge in [-0.3, -0.25) is 5.10 Å². The number of nitrogens with zero attached hydrogens (tertiary/aromatic N) is 4. The maximum absolute atomic E-state index is 13.6. The molecule has 3 aromatic rings. The van der Waals surface area contributed by atoms with Crippen LogP contribution in [-0.4, -0.2) is 25.3 Å². The number of aromatic amines is 1. The van der Waals surface area contributed by atoms with Gasteiger partial charge < -0.3 is 10.3 Å². The number of nitrogen functional groups attached to an aromatic ring is 1. The fourth-order valence-electron chi connectivity index (χ4n) is 1.47. The van der Waals surface area contributed by atoms with Gasteiger partial charge in [0.15, 0.2) is 5.82 Å². The summed E-state index contributed by atoms with van der Waals surface area (Å²) in [5.74, 6) is -1.45. The molecule has 0 aliphatic carbocycles. The molecule has 0 fully saturated rings. The van der Waals surface area contributed by atoms with Crippen molar-refractivity contribution in [3.8, 4) is 23.1 Å². The molecule has 2 heterocycles. The molecule has 0 saturated carbocycles. The molecule has 0 radical (unpaired) electrons. The van der Waals surface area contributed by atoms with Crippen LogP contribution >= 0.6 is 0 Å². The minimum Gasteiger partial charge on any atom is -0.396 e. The summed E-state index contributed by atoms with van der Waals surface area (Å²) >= 11 is 0. The highest BCUT2D eigenvalue weighted by atomic mass is 19.1. The average Bonchev–Trinajstić information content (AvgIpc) is 3.03. The standard InChI is InChI=1S/C10H6F2N6O/c11-5-2-6(12)7(13)1-4(5)10-16-9(18-19-10)8-14-3-15-17-8/h1-3H,13H2,(H,14,15,17). The van der Waals surface area contributed by atoms with E-state index in [1.807, 2.05) is 0 Å². The van der Waals surface area contributed by atoms with Crippen molar-refractivity contribution in [2.24, 2.45) is 0 Å². The third kappa shape index (κ3) is 1.90. The van der Waals surface area contributed by atoms with Crippen molar-refractivity contribution in [2.45, 2.75) is 0 Å². The van der Waals surface area contributed by atoms with Gasteiger partial charge in [0.1, 0.15) is 18.0 Å². The van der Waals surface area contributed by atoms with Gasteiger partial charge in [-0.15, -0.1) is 0 Å². The summed E-state index contributed by atoms with van der Waals surface area (Å²) in [5.41, 5.74) is 5.07. The molecule has 2 aromatic heterocycles. The molecule has 7 nitrogen and oxygen atoms in total. The van der Waals surface area contributed by atoms with Crippen molar-refractivity contribution in [3.63, 3.8) is 0 Å². The number of halogens is 2. The minimum absolute atomic E-state index is 0.0860. The van der Waals surface area contributed by atoms with Crippen LogP contribution in [0.15, 0.2) is 23.0 Å². The monoisotopic (exact) mass is 264 g/mol. The lowest BCUT2D eigenvalue weighted by molar-refractivity contribution is 0.429. The van der Waals surface area contributed by atoms with E-state index in [0.29, 0.717) is 6.07 Å². The van der Waals surface area contributed by atoms with Crippen LogP contribution in [0.5, 0.6) is 0 Å². The summed E-state index contributed by atoms with van der Waals surface area (Å²) in [5, 5.41) is 9.76. The Kier molecular flexibility index (Phi) is 2.44. The van der Waals surface area contributed by atoms with Gasteiger partial charge in [0.25, 0.3) is 5.89 Å². The van der Waals surface area contributed by atoms with Gasteiger partial charge in [-0.1, -0.05) is 5.16 Å². The highest BCUT2D eigenvalue weighted by molar-refractivity contribution is 5.62. The molecule has 0 unspecified atom stereocenters. The summed E-state index contributed by atoms with van der Waals surface area (Å²) in [6, 6.07) is 1.74. The zero-order valence-corrected chi connectivity index (χ0v) is 9.26. The number of anilines is 1. The van der Waals surface area contributed by atoms with Crippen molar-refractivity contribution in [3.05, 3.63) is 30.1 Å². The lowest BCUT2D eigenvalue weighted by Gasteiger charge is -2.00. The molecule has 0 spiro atoms. The molecular weight excluding hydrogens is 258 g/mol. The Labute approximate surface area is 104 Å². The van der Waals surface area contributed by atoms with E-state index in [0.717, 1.165) is 6.07 Å². The van der Waals surface area contributed by atoms with Gasteiger partial charge in [-0.05, 0) is 6.07 Å². The molecule has 1 aromatic carbocycles. The zero-order chi connectivity index (χ0) is 13.4. The fraction of sp³-hybridized carbons (Fsp3) is 0. The number of hydrogen-bond donors (Lipinski definition) is 2. The summed E-state index contributed by atoms with van der Waals surface area (Å²) in [6.07, 6.45) is 1.27. The highest BCUT2D eigenvalue weighted by Gasteiger charge is 2.17. The third-order valence-electron chi connectivity index (χ3n) is 2.37. The fourth-order valence-corrected chi connectivity index (χ4v) is 1.47. The second-order valence-corrected chi connectivity index (χ2v) is 3.61. The number of aromatic nitrogens is 5. The summed E-state index contributed by atoms with van der Waals surface area (Å²) in [7, 11) is 0. The Morgan fingerprint density at radius 3 is 2.79 bits per heavy atom. The average molecular weight is 264 g/mol. The zero-order valence-electron chi connectivity index (χ0n) is 9.26. The van der Waals surface area contributed by atoms with Crippen LogP contribution in [0.4, 0.5) is 14.5 Å². The van der Waals surface area contributed by atoms with Crippen LogP contribution in [0, 0.1) is 11.6 Å². The van der Waals surface area contributed by atoms with Crippen molar-refractivity contribution < 1.29 is 13.3 Å². The van der Waals surface area contributed by atoms with Gasteiger partial charge in [-0.25, -0.2) is 13.8 Å². The highest BCUT2D eigenvalue weighted by Crippen LogP contribution is 2.26. The van der Waals surface area contributed by atoms with E-state index >= 15 is 0 Å². The van der Waals surface area contributed by atoms with Crippen LogP contribution < -0.4 is 5.73 Å². The summed E-state index contributed by atoms with van der Waals surface area (Å²) < 4.78 is 31.5. The van der Waals surface area contributed by atoms with Crippen LogP contribution in [0.2, 0.25) is 0 Å². The van der Waals surface area contributed by atoms with Crippen molar-refractivity contribution in [2.75, 3.05) is 5.73 Å². The van der Waals surface area contributed by atoms with Gasteiger partial charge in [0.2, 0.25) is 5.82 Å². The van der Waals surface area contributed by atoms with E-state index in [9.17, 15) is 8.78 Å². The molecule has 96 valence electrons. The Hall–Kier alpha value is -2.84. The third-order valence-corrected chi connectivity index (χ3v) is 2.37. The first-order valence-corrected chi connectivity index (χ1v) is 5.09. The molecule has 0 aliphatic rings. The van der Waals surface area contributed by atoms with Gasteiger partial charge in [-0.2, -0.15) is 10.1 Å². The van der Waals surface area contributed by atoms with Crippen LogP contribution in [0.1, 0.15) is 0 Å². The van der Waals surface area contributed by atoms with E-state index in [2.05, 4.69) is 25.3 Å². The summed E-state index contributed by atoms with van der Waals surface area (Å²) in [4.78, 5) is 7.74. The molecule has 9 heteroatoms. The smallest absolute Gasteiger partial charge is 0.261 e. The Morgan fingerprint density at radius 2 is 2.05 bits per heavy atom. The van der Waals surface area contributed by atoms with Crippen LogP contribution in [0.3, 0.4) is 0 Å². The van der Waals surface area contributed by atoms with E-state index in [1.165, 1.54) is 6.33 Å². The molecule has 0 aliphatic heterocycles. The molecule has 0 amide bonds. The number of H-pyrrole nitrogens is 1. The minimum atomic E-state index is -0.851. The lowest BCUT2D eigenvalue weighted by atomic mass is 10.2. The quantitative estimate of drug-likeness (QED) is 0.677. The Balaban J connectivity index is 2.06. The van der Waals surface area contributed by atoms with E-state index < -0.39 is 11.6 Å². The van der Waals surface area contributed by atoms with Gasteiger partial charge in [0.05, 0.1) is 11.3 Å². The Bertz CT molecular complexity index is 724. The second kappa shape index (κ2) is 4.12. The van der Waals surface area contributed by atoms with Crippen molar-refractivity contribution in [1.82, 2.24) is 25.3 Å². The number of hydrogen-bond acceptors (Lipinski definition) is 6. The van der Waals surface area contributed by atoms with Crippen molar-refractivity contribution >= 4 is 5.69 Å². The first-order chi connectivity index (χ1) is 9.15. The Morgan fingerprint density at radius 1 is 1.21 bits per heavy atom. The molecule has 0 bridgehead atoms. The summed E-state index contributed by atoms with van der Waals surface area (Å²) in [6.45, 7) is 0. The van der Waals surface area contributed by atoms with E-state index in [1.54, 1.807) is 0 Å². The molecule has 3 rings (SSSR count). The first kappa shape index (κ1) is 11.3. The van der Waals surface area contributed by atoms with E-state index in [4.69, 9.17) is 10.3 Å². The number of benzene rings is 1. The molecule has 0 atom stereocenters. The maximum atomic E-state index is 13.6. The van der Waals surface area contributed by atoms with Crippen LogP contribution in [0.25, 0.3) is 23.1 Å². The molecule has 19 heavy (non-hydrogen) atoms. The maximum Gasteiger partial charge on any atom is 0.261 e. The molecule has 0 saturated heterocycles. The number of nitrogens with one attached hydrogen (secondary N) is 1. The largest absolute Gasteiger partial charge is 0.396 e. The SMILES string of the molecule is Nc1cc(-c2nc(-c3ncn[nH]3)no2)c(F)cc1F. The normalized spacial score (nSPS) is 10.8. The molecule has 3 N–H and O–H groups in total. The van der Waals surface area contributed by atoms with Gasteiger partial charge >= 0.3 is 0 Å². The topological polar surface area (TPSA) is 107 Å². The van der Waals surface area contributed by atoms with Crippen LogP contribution in [-0.2, 0) is 0 Å². The number of nitrogens with two attached hydrogens (primary N) is 1. The van der Waals surface area contributed by atoms with E-state index in [-0.39, 0.29) is 28.8 Å². The first-order valence-electron chi connectivity index (χ1n) is 5.09. The predicted molar refractivity (Wildman–Crippen MR) is 59.4 cm³/mol. The van der Waals surface area contributed by atoms with Crippen molar-refractivity contribution in [1.29, 1.82) is 0 Å². The predicted octanol–water partition coefficient (Wildman–Crippen LogP) is 1.38. The van der Waals surface area contributed by atoms with Gasteiger partial charge in [0, 0.05) is 6.07 Å². The molecular formula is C10H6F2N6O. The number of rotatable bonds is 2.